The molecule has 5 heteroatoms. The van der Waals surface area contributed by atoms with E-state index in [4.69, 9.17) is 5.26 Å². The minimum Gasteiger partial charge on any atom is -0.460 e. The average molecular weight is 211 g/mol. The zero-order valence-corrected chi connectivity index (χ0v) is 7.67. The molecule has 3 nitrogen and oxygen atoms in total. The lowest BCUT2D eigenvalue weighted by Gasteiger charge is -2.04. The first-order valence-electron chi connectivity index (χ1n) is 4.10. The van der Waals surface area contributed by atoms with Crippen molar-refractivity contribution >= 4 is 5.97 Å². The van der Waals surface area contributed by atoms with Crippen LogP contribution in [0.3, 0.4) is 0 Å². The monoisotopic (exact) mass is 211 g/mol. The molecule has 0 spiro atoms. The van der Waals surface area contributed by atoms with Crippen LogP contribution >= 0.6 is 0 Å². The minimum atomic E-state index is -0.805. The number of hydrogen-bond donors (Lipinski definition) is 0. The van der Waals surface area contributed by atoms with Crippen molar-refractivity contribution in [1.29, 1.82) is 5.26 Å². The fourth-order valence-electron chi connectivity index (χ4n) is 0.938. The van der Waals surface area contributed by atoms with Crippen LogP contribution in [-0.4, -0.2) is 5.97 Å². The van der Waals surface area contributed by atoms with Crippen LogP contribution in [0.1, 0.15) is 12.0 Å². The molecule has 0 atom stereocenters. The van der Waals surface area contributed by atoms with Gasteiger partial charge in [-0.15, -0.1) is 0 Å². The molecule has 0 unspecified atom stereocenters. The van der Waals surface area contributed by atoms with E-state index in [0.717, 1.165) is 12.1 Å². The number of benzene rings is 1. The van der Waals surface area contributed by atoms with Crippen molar-refractivity contribution in [2.45, 2.75) is 13.0 Å². The third-order valence-corrected chi connectivity index (χ3v) is 1.66. The van der Waals surface area contributed by atoms with Crippen molar-refractivity contribution < 1.29 is 18.3 Å². The quantitative estimate of drug-likeness (QED) is 0.717. The molecule has 0 aliphatic rings. The fourth-order valence-corrected chi connectivity index (χ4v) is 0.938. The molecule has 0 aliphatic carbocycles. The molecule has 1 aromatic rings. The van der Waals surface area contributed by atoms with E-state index in [9.17, 15) is 13.6 Å². The van der Waals surface area contributed by atoms with Crippen LogP contribution in [0.2, 0.25) is 0 Å². The molecule has 78 valence electrons. The zero-order valence-electron chi connectivity index (χ0n) is 7.67. The Bertz CT molecular complexity index is 392. The summed E-state index contributed by atoms with van der Waals surface area (Å²) in [4.78, 5) is 10.7. The number of carbonyl (C=O) groups excluding carboxylic acids is 1. The van der Waals surface area contributed by atoms with Gasteiger partial charge in [-0.1, -0.05) is 6.07 Å². The van der Waals surface area contributed by atoms with Crippen molar-refractivity contribution in [2.75, 3.05) is 0 Å². The normalized spacial score (nSPS) is 9.40. The van der Waals surface area contributed by atoms with Crippen molar-refractivity contribution in [3.8, 4) is 6.07 Å². The number of nitrogens with zero attached hydrogens (tertiary/aromatic N) is 1. The maximum absolute atomic E-state index is 13.0. The Morgan fingerprint density at radius 3 is 2.53 bits per heavy atom. The number of ether oxygens (including phenoxy) is 1. The Morgan fingerprint density at radius 1 is 1.40 bits per heavy atom. The highest BCUT2D eigenvalue weighted by Crippen LogP contribution is 2.13. The summed E-state index contributed by atoms with van der Waals surface area (Å²) < 4.78 is 30.5. The lowest BCUT2D eigenvalue weighted by atomic mass is 10.2. The predicted molar refractivity (Wildman–Crippen MR) is 46.4 cm³/mol. The lowest BCUT2D eigenvalue weighted by Crippen LogP contribution is -2.06. The maximum Gasteiger partial charge on any atom is 0.320 e. The highest BCUT2D eigenvalue weighted by molar-refractivity contribution is 5.71. The lowest BCUT2D eigenvalue weighted by molar-refractivity contribution is -0.143. The Hall–Kier alpha value is -1.96. The van der Waals surface area contributed by atoms with Crippen molar-refractivity contribution in [1.82, 2.24) is 0 Å². The molecule has 0 heterocycles. The number of esters is 1. The van der Waals surface area contributed by atoms with Gasteiger partial charge in [0, 0.05) is 0 Å². The van der Waals surface area contributed by atoms with Gasteiger partial charge in [0.25, 0.3) is 0 Å². The first-order chi connectivity index (χ1) is 7.15. The zero-order chi connectivity index (χ0) is 11.3. The van der Waals surface area contributed by atoms with Gasteiger partial charge in [0.1, 0.15) is 24.7 Å². The van der Waals surface area contributed by atoms with E-state index in [1.807, 2.05) is 0 Å². The molecule has 0 amide bonds. The van der Waals surface area contributed by atoms with Gasteiger partial charge in [-0.3, -0.25) is 4.79 Å². The summed E-state index contributed by atoms with van der Waals surface area (Å²) in [5, 5.41) is 8.14. The van der Waals surface area contributed by atoms with Crippen molar-refractivity contribution in [2.24, 2.45) is 0 Å². The average Bonchev–Trinajstić information content (AvgIpc) is 2.17. The SMILES string of the molecule is N#CCC(=O)OCc1c(F)cccc1F. The molecular weight excluding hydrogens is 204 g/mol. The molecular formula is C10H7F2NO2. The number of halogens is 2. The summed E-state index contributed by atoms with van der Waals surface area (Å²) in [7, 11) is 0. The van der Waals surface area contributed by atoms with E-state index >= 15 is 0 Å². The van der Waals surface area contributed by atoms with Crippen LogP contribution < -0.4 is 0 Å². The summed E-state index contributed by atoms with van der Waals surface area (Å²) in [6.45, 7) is -0.501. The minimum absolute atomic E-state index is 0.316. The molecule has 1 rings (SSSR count). The number of nitriles is 1. The molecule has 15 heavy (non-hydrogen) atoms. The molecule has 1 aromatic carbocycles. The second-order valence-electron chi connectivity index (χ2n) is 2.70. The van der Waals surface area contributed by atoms with Crippen LogP contribution in [0.5, 0.6) is 0 Å². The predicted octanol–water partition coefficient (Wildman–Crippen LogP) is 1.92. The van der Waals surface area contributed by atoms with E-state index in [1.165, 1.54) is 6.07 Å². The van der Waals surface area contributed by atoms with Gasteiger partial charge in [0.2, 0.25) is 0 Å². The van der Waals surface area contributed by atoms with E-state index in [1.54, 1.807) is 6.07 Å². The van der Waals surface area contributed by atoms with Crippen LogP contribution in [0.4, 0.5) is 8.78 Å². The van der Waals surface area contributed by atoms with Crippen LogP contribution in [0.15, 0.2) is 18.2 Å². The number of hydrogen-bond acceptors (Lipinski definition) is 3. The van der Waals surface area contributed by atoms with Gasteiger partial charge in [-0.05, 0) is 12.1 Å². The molecule has 0 bridgehead atoms. The second-order valence-corrected chi connectivity index (χ2v) is 2.70. The largest absolute Gasteiger partial charge is 0.460 e. The molecule has 0 fully saturated rings. The van der Waals surface area contributed by atoms with Crippen LogP contribution in [0.25, 0.3) is 0 Å². The van der Waals surface area contributed by atoms with Crippen molar-refractivity contribution in [3.05, 3.63) is 35.4 Å². The topological polar surface area (TPSA) is 50.1 Å². The van der Waals surface area contributed by atoms with E-state index in [-0.39, 0.29) is 5.56 Å². The summed E-state index contributed by atoms with van der Waals surface area (Å²) >= 11 is 0. The van der Waals surface area contributed by atoms with Gasteiger partial charge in [-0.25, -0.2) is 8.78 Å². The van der Waals surface area contributed by atoms with Gasteiger partial charge in [0.05, 0.1) is 11.6 Å². The highest BCUT2D eigenvalue weighted by Gasteiger charge is 2.10. The third kappa shape index (κ3) is 3.02. The Balaban J connectivity index is 2.66. The molecule has 0 aliphatic heterocycles. The van der Waals surface area contributed by atoms with Gasteiger partial charge < -0.3 is 4.74 Å². The molecule has 0 saturated heterocycles. The van der Waals surface area contributed by atoms with Gasteiger partial charge in [-0.2, -0.15) is 5.26 Å². The van der Waals surface area contributed by atoms with E-state index in [0.29, 0.717) is 0 Å². The summed E-state index contributed by atoms with van der Waals surface area (Å²) in [6.07, 6.45) is -0.434. The van der Waals surface area contributed by atoms with E-state index in [2.05, 4.69) is 4.74 Å². The summed E-state index contributed by atoms with van der Waals surface area (Å²) in [5.74, 6) is -2.36. The summed E-state index contributed by atoms with van der Waals surface area (Å²) in [5.41, 5.74) is -0.316. The van der Waals surface area contributed by atoms with Crippen LogP contribution in [-0.2, 0) is 16.1 Å². The Kier molecular flexibility index (Phi) is 3.75. The smallest absolute Gasteiger partial charge is 0.320 e. The molecule has 0 radical (unpaired) electrons. The maximum atomic E-state index is 13.0. The number of carbonyl (C=O) groups is 1. The Morgan fingerprint density at radius 2 is 2.00 bits per heavy atom. The first kappa shape index (κ1) is 11.1. The first-order valence-corrected chi connectivity index (χ1v) is 4.10. The fraction of sp³-hybridized carbons (Fsp3) is 0.200. The third-order valence-electron chi connectivity index (χ3n) is 1.66. The van der Waals surface area contributed by atoms with Gasteiger partial charge >= 0.3 is 5.97 Å². The van der Waals surface area contributed by atoms with Crippen LogP contribution in [0, 0.1) is 23.0 Å². The summed E-state index contributed by atoms with van der Waals surface area (Å²) in [6, 6.07) is 4.92. The van der Waals surface area contributed by atoms with Crippen molar-refractivity contribution in [3.63, 3.8) is 0 Å². The van der Waals surface area contributed by atoms with E-state index < -0.39 is 30.6 Å². The molecule has 0 N–H and O–H groups in total. The van der Waals surface area contributed by atoms with Gasteiger partial charge in [0.15, 0.2) is 0 Å². The molecule has 0 saturated carbocycles. The number of rotatable bonds is 3. The Labute approximate surface area is 84.9 Å². The highest BCUT2D eigenvalue weighted by atomic mass is 19.1. The standard InChI is InChI=1S/C10H7F2NO2/c11-8-2-1-3-9(12)7(8)6-15-10(14)4-5-13/h1-3H,4,6H2. The molecule has 0 aromatic heterocycles. The second kappa shape index (κ2) is 5.05.